The summed E-state index contributed by atoms with van der Waals surface area (Å²) in [6, 6.07) is 14.9. The van der Waals surface area contributed by atoms with Gasteiger partial charge in [-0.2, -0.15) is 0 Å². The Morgan fingerprint density at radius 3 is 2.50 bits per heavy atom. The third kappa shape index (κ3) is 5.79. The number of carbonyl (C=O) groups is 1. The summed E-state index contributed by atoms with van der Waals surface area (Å²) < 4.78 is 36.4. The van der Waals surface area contributed by atoms with Crippen molar-refractivity contribution in [2.75, 3.05) is 48.9 Å². The van der Waals surface area contributed by atoms with Gasteiger partial charge in [0.1, 0.15) is 0 Å². The molecule has 3 rings (SSSR count). The lowest BCUT2D eigenvalue weighted by Gasteiger charge is -2.22. The summed E-state index contributed by atoms with van der Waals surface area (Å²) in [5.41, 5.74) is 1.57. The molecule has 2 aromatic carbocycles. The molecule has 0 saturated carbocycles. The maximum Gasteiger partial charge on any atom is 0.232 e. The van der Waals surface area contributed by atoms with Crippen LogP contribution < -0.4 is 24.0 Å². The van der Waals surface area contributed by atoms with Crippen LogP contribution in [0.4, 0.5) is 11.4 Å². The SMILES string of the molecule is CN(CCNC(=O)CCCN(c1ccc2c(c1)OCO2)S(C)(=O)=O)c1ccccc1. The van der Waals surface area contributed by atoms with Crippen molar-refractivity contribution < 1.29 is 22.7 Å². The molecule has 0 aromatic heterocycles. The van der Waals surface area contributed by atoms with E-state index in [-0.39, 0.29) is 25.7 Å². The second-order valence-electron chi connectivity index (χ2n) is 7.08. The van der Waals surface area contributed by atoms with Gasteiger partial charge in [0.25, 0.3) is 0 Å². The van der Waals surface area contributed by atoms with Gasteiger partial charge in [0.15, 0.2) is 11.5 Å². The fraction of sp³-hybridized carbons (Fsp3) is 0.381. The van der Waals surface area contributed by atoms with Crippen LogP contribution in [0.2, 0.25) is 0 Å². The molecule has 1 N–H and O–H groups in total. The van der Waals surface area contributed by atoms with Crippen LogP contribution in [-0.4, -0.2) is 54.1 Å². The molecule has 2 aromatic rings. The van der Waals surface area contributed by atoms with Gasteiger partial charge in [0.05, 0.1) is 11.9 Å². The van der Waals surface area contributed by atoms with Gasteiger partial charge in [-0.05, 0) is 30.7 Å². The third-order valence-corrected chi connectivity index (χ3v) is 5.97. The van der Waals surface area contributed by atoms with Crippen molar-refractivity contribution in [3.05, 3.63) is 48.5 Å². The van der Waals surface area contributed by atoms with Gasteiger partial charge in [-0.3, -0.25) is 9.10 Å². The molecule has 0 bridgehead atoms. The molecule has 0 radical (unpaired) electrons. The quantitative estimate of drug-likeness (QED) is 0.618. The van der Waals surface area contributed by atoms with Crippen molar-refractivity contribution in [1.82, 2.24) is 5.32 Å². The highest BCUT2D eigenvalue weighted by molar-refractivity contribution is 7.92. The molecular weight excluding hydrogens is 406 g/mol. The van der Waals surface area contributed by atoms with E-state index < -0.39 is 10.0 Å². The zero-order valence-electron chi connectivity index (χ0n) is 17.2. The number of likely N-dealkylation sites (N-methyl/N-ethyl adjacent to an activating group) is 1. The van der Waals surface area contributed by atoms with Gasteiger partial charge in [0, 0.05) is 44.9 Å². The number of hydrogen-bond donors (Lipinski definition) is 1. The molecular formula is C21H27N3O5S. The summed E-state index contributed by atoms with van der Waals surface area (Å²) in [5, 5.41) is 2.88. The Bertz CT molecular complexity index is 966. The number of carbonyl (C=O) groups excluding carboxylic acids is 1. The molecule has 0 aliphatic carbocycles. The van der Waals surface area contributed by atoms with Crippen LogP contribution in [0.25, 0.3) is 0 Å². The number of nitrogens with one attached hydrogen (secondary N) is 1. The third-order valence-electron chi connectivity index (χ3n) is 4.78. The van der Waals surface area contributed by atoms with Gasteiger partial charge in [0.2, 0.25) is 22.7 Å². The van der Waals surface area contributed by atoms with E-state index >= 15 is 0 Å². The van der Waals surface area contributed by atoms with E-state index in [9.17, 15) is 13.2 Å². The number of anilines is 2. The number of fused-ring (bicyclic) bond motifs is 1. The number of sulfonamides is 1. The largest absolute Gasteiger partial charge is 0.454 e. The highest BCUT2D eigenvalue weighted by Gasteiger charge is 2.21. The first-order valence-electron chi connectivity index (χ1n) is 9.75. The molecule has 162 valence electrons. The molecule has 30 heavy (non-hydrogen) atoms. The van der Waals surface area contributed by atoms with Crippen molar-refractivity contribution in [2.45, 2.75) is 12.8 Å². The Morgan fingerprint density at radius 2 is 1.77 bits per heavy atom. The van der Waals surface area contributed by atoms with E-state index in [0.717, 1.165) is 11.9 Å². The normalized spacial score (nSPS) is 12.5. The van der Waals surface area contributed by atoms with E-state index in [2.05, 4.69) is 10.2 Å². The Labute approximate surface area is 177 Å². The number of para-hydroxylation sites is 1. The van der Waals surface area contributed by atoms with Crippen molar-refractivity contribution in [3.63, 3.8) is 0 Å². The minimum atomic E-state index is -3.49. The predicted octanol–water partition coefficient (Wildman–Crippen LogP) is 2.21. The Hall–Kier alpha value is -2.94. The average Bonchev–Trinajstić information content (AvgIpc) is 3.18. The van der Waals surface area contributed by atoms with E-state index in [1.54, 1.807) is 18.2 Å². The molecule has 0 atom stereocenters. The summed E-state index contributed by atoms with van der Waals surface area (Å²) in [7, 11) is -1.52. The van der Waals surface area contributed by atoms with Crippen LogP contribution in [0.15, 0.2) is 48.5 Å². The Balaban J connectivity index is 1.46. The lowest BCUT2D eigenvalue weighted by Crippen LogP contribution is -2.34. The summed E-state index contributed by atoms with van der Waals surface area (Å²) in [4.78, 5) is 14.2. The Kier molecular flexibility index (Phi) is 7.04. The highest BCUT2D eigenvalue weighted by Crippen LogP contribution is 2.36. The van der Waals surface area contributed by atoms with Crippen molar-refractivity contribution in [3.8, 4) is 11.5 Å². The number of amides is 1. The summed E-state index contributed by atoms with van der Waals surface area (Å²) >= 11 is 0. The van der Waals surface area contributed by atoms with Gasteiger partial charge in [-0.25, -0.2) is 8.42 Å². The number of benzene rings is 2. The van der Waals surface area contributed by atoms with Gasteiger partial charge in [-0.1, -0.05) is 18.2 Å². The number of rotatable bonds is 10. The van der Waals surface area contributed by atoms with Gasteiger partial charge < -0.3 is 19.7 Å². The molecule has 0 saturated heterocycles. The zero-order chi connectivity index (χ0) is 21.6. The second-order valence-corrected chi connectivity index (χ2v) is 8.99. The van der Waals surface area contributed by atoms with Gasteiger partial charge >= 0.3 is 0 Å². The minimum absolute atomic E-state index is 0.101. The zero-order valence-corrected chi connectivity index (χ0v) is 18.0. The standard InChI is InChI=1S/C21H27N3O5S/c1-23(17-7-4-3-5-8-17)14-12-22-21(25)9-6-13-24(30(2,26)27)18-10-11-19-20(15-18)29-16-28-19/h3-5,7-8,10-11,15H,6,9,12-14,16H2,1-2H3,(H,22,25). The van der Waals surface area contributed by atoms with E-state index in [0.29, 0.717) is 36.7 Å². The average molecular weight is 434 g/mol. The number of ether oxygens (including phenoxy) is 2. The lowest BCUT2D eigenvalue weighted by atomic mass is 10.2. The first-order valence-corrected chi connectivity index (χ1v) is 11.6. The topological polar surface area (TPSA) is 88.2 Å². The van der Waals surface area contributed by atoms with Crippen LogP contribution in [0, 0.1) is 0 Å². The molecule has 0 unspecified atom stereocenters. The maximum atomic E-state index is 12.2. The molecule has 0 fully saturated rings. The van der Waals surface area contributed by atoms with Crippen LogP contribution >= 0.6 is 0 Å². The van der Waals surface area contributed by atoms with E-state index in [1.807, 2.05) is 37.4 Å². The number of hydrogen-bond acceptors (Lipinski definition) is 6. The molecule has 1 amide bonds. The minimum Gasteiger partial charge on any atom is -0.454 e. The van der Waals surface area contributed by atoms with E-state index in [4.69, 9.17) is 9.47 Å². The van der Waals surface area contributed by atoms with Crippen molar-refractivity contribution in [1.29, 1.82) is 0 Å². The van der Waals surface area contributed by atoms with Crippen LogP contribution in [0.5, 0.6) is 11.5 Å². The molecule has 1 aliphatic rings. The molecule has 1 heterocycles. The Morgan fingerprint density at radius 1 is 1.03 bits per heavy atom. The van der Waals surface area contributed by atoms with Crippen molar-refractivity contribution >= 4 is 27.3 Å². The summed E-state index contributed by atoms with van der Waals surface area (Å²) in [6.07, 6.45) is 1.80. The molecule has 0 spiro atoms. The van der Waals surface area contributed by atoms with Gasteiger partial charge in [-0.15, -0.1) is 0 Å². The summed E-state index contributed by atoms with van der Waals surface area (Å²) in [5.74, 6) is 1.00. The summed E-state index contributed by atoms with van der Waals surface area (Å²) in [6.45, 7) is 1.53. The van der Waals surface area contributed by atoms with Crippen LogP contribution in [0.3, 0.4) is 0 Å². The fourth-order valence-electron chi connectivity index (χ4n) is 3.17. The predicted molar refractivity (Wildman–Crippen MR) is 117 cm³/mol. The molecule has 9 heteroatoms. The maximum absolute atomic E-state index is 12.2. The first-order chi connectivity index (χ1) is 14.3. The molecule has 8 nitrogen and oxygen atoms in total. The smallest absolute Gasteiger partial charge is 0.232 e. The van der Waals surface area contributed by atoms with Crippen molar-refractivity contribution in [2.24, 2.45) is 0 Å². The first kappa shape index (κ1) is 21.8. The monoisotopic (exact) mass is 433 g/mol. The second kappa shape index (κ2) is 9.71. The fourth-order valence-corrected chi connectivity index (χ4v) is 4.13. The highest BCUT2D eigenvalue weighted by atomic mass is 32.2. The molecule has 1 aliphatic heterocycles. The lowest BCUT2D eigenvalue weighted by molar-refractivity contribution is -0.121. The van der Waals surface area contributed by atoms with Crippen LogP contribution in [-0.2, 0) is 14.8 Å². The van der Waals surface area contributed by atoms with E-state index in [1.165, 1.54) is 4.31 Å². The number of nitrogens with zero attached hydrogens (tertiary/aromatic N) is 2. The van der Waals surface area contributed by atoms with Crippen LogP contribution in [0.1, 0.15) is 12.8 Å².